The van der Waals surface area contributed by atoms with Crippen molar-refractivity contribution in [3.05, 3.63) is 47.8 Å². The van der Waals surface area contributed by atoms with E-state index in [1.165, 1.54) is 37.2 Å². The maximum Gasteiger partial charge on any atom is 0.0922 e. The van der Waals surface area contributed by atoms with Crippen LogP contribution in [0.1, 0.15) is 29.8 Å². The van der Waals surface area contributed by atoms with Crippen LogP contribution < -0.4 is 0 Å². The molecular formula is C16H22N4. The molecule has 1 atom stereocenters. The maximum atomic E-state index is 4.40. The molecule has 1 N–H and O–H groups in total. The van der Waals surface area contributed by atoms with Crippen molar-refractivity contribution in [2.24, 2.45) is 5.92 Å². The highest BCUT2D eigenvalue weighted by Gasteiger charge is 2.20. The van der Waals surface area contributed by atoms with Crippen LogP contribution in [0.4, 0.5) is 0 Å². The van der Waals surface area contributed by atoms with Crippen LogP contribution in [0.25, 0.3) is 0 Å². The zero-order chi connectivity index (χ0) is 13.8. The topological polar surface area (TPSA) is 44.8 Å². The minimum atomic E-state index is 0.746. The van der Waals surface area contributed by atoms with E-state index < -0.39 is 0 Å². The van der Waals surface area contributed by atoms with Gasteiger partial charge in [-0.1, -0.05) is 6.07 Å². The van der Waals surface area contributed by atoms with Gasteiger partial charge >= 0.3 is 0 Å². The van der Waals surface area contributed by atoms with Crippen molar-refractivity contribution in [1.29, 1.82) is 0 Å². The first-order chi connectivity index (χ1) is 9.79. The molecule has 3 heterocycles. The summed E-state index contributed by atoms with van der Waals surface area (Å²) in [4.78, 5) is 14.2. The fourth-order valence-corrected chi connectivity index (χ4v) is 3.03. The van der Waals surface area contributed by atoms with E-state index in [0.29, 0.717) is 0 Å². The average molecular weight is 270 g/mol. The molecule has 1 aliphatic heterocycles. The Balaban J connectivity index is 1.56. The standard InChI is InChI=1S/C16H22N4/c1-13-4-5-14(8-18-13)7-15-3-2-6-20(10-15)11-16-9-17-12-19-16/h4-5,8-9,12,15H,2-3,6-7,10-11H2,1H3,(H,17,19)/t15-/m0/s1. The highest BCUT2D eigenvalue weighted by atomic mass is 15.1. The summed E-state index contributed by atoms with van der Waals surface area (Å²) >= 11 is 0. The smallest absolute Gasteiger partial charge is 0.0922 e. The SMILES string of the molecule is Cc1ccc(C[C@@H]2CCCN(Cc3cnc[nH]3)C2)cn1. The van der Waals surface area contributed by atoms with Gasteiger partial charge in [-0.15, -0.1) is 0 Å². The number of nitrogens with zero attached hydrogens (tertiary/aromatic N) is 3. The summed E-state index contributed by atoms with van der Waals surface area (Å²) in [6.07, 6.45) is 9.48. The van der Waals surface area contributed by atoms with E-state index in [2.05, 4.69) is 32.0 Å². The highest BCUT2D eigenvalue weighted by molar-refractivity contribution is 5.14. The van der Waals surface area contributed by atoms with Crippen molar-refractivity contribution < 1.29 is 0 Å². The minimum absolute atomic E-state index is 0.746. The lowest BCUT2D eigenvalue weighted by molar-refractivity contribution is 0.165. The van der Waals surface area contributed by atoms with Crippen LogP contribution in [0.2, 0.25) is 0 Å². The van der Waals surface area contributed by atoms with E-state index in [9.17, 15) is 0 Å². The van der Waals surface area contributed by atoms with Crippen LogP contribution in [-0.4, -0.2) is 32.9 Å². The molecule has 0 bridgehead atoms. The Morgan fingerprint density at radius 1 is 1.35 bits per heavy atom. The largest absolute Gasteiger partial charge is 0.347 e. The molecule has 3 rings (SSSR count). The van der Waals surface area contributed by atoms with Gasteiger partial charge in [-0.05, 0) is 50.3 Å². The van der Waals surface area contributed by atoms with Gasteiger partial charge in [-0.25, -0.2) is 4.98 Å². The summed E-state index contributed by atoms with van der Waals surface area (Å²) in [5, 5.41) is 0. The number of imidazole rings is 1. The van der Waals surface area contributed by atoms with Crippen molar-refractivity contribution in [2.75, 3.05) is 13.1 Å². The molecule has 0 radical (unpaired) electrons. The molecule has 0 amide bonds. The molecule has 1 saturated heterocycles. The molecule has 1 fully saturated rings. The van der Waals surface area contributed by atoms with E-state index in [4.69, 9.17) is 0 Å². The fraction of sp³-hybridized carbons (Fsp3) is 0.500. The van der Waals surface area contributed by atoms with E-state index in [1.54, 1.807) is 6.33 Å². The summed E-state index contributed by atoms with van der Waals surface area (Å²) in [6.45, 7) is 5.40. The monoisotopic (exact) mass is 270 g/mol. The Kier molecular flexibility index (Phi) is 4.11. The van der Waals surface area contributed by atoms with Gasteiger partial charge in [-0.3, -0.25) is 9.88 Å². The molecule has 2 aromatic heterocycles. The number of aromatic nitrogens is 3. The van der Waals surface area contributed by atoms with E-state index in [0.717, 1.165) is 24.6 Å². The highest BCUT2D eigenvalue weighted by Crippen LogP contribution is 2.21. The van der Waals surface area contributed by atoms with Gasteiger partial charge in [0.2, 0.25) is 0 Å². The van der Waals surface area contributed by atoms with Gasteiger partial charge in [-0.2, -0.15) is 0 Å². The predicted octanol–water partition coefficient (Wildman–Crippen LogP) is 2.57. The van der Waals surface area contributed by atoms with E-state index in [1.807, 2.05) is 19.3 Å². The summed E-state index contributed by atoms with van der Waals surface area (Å²) in [7, 11) is 0. The van der Waals surface area contributed by atoms with Crippen LogP contribution in [0, 0.1) is 12.8 Å². The third kappa shape index (κ3) is 3.45. The second-order valence-electron chi connectivity index (χ2n) is 5.83. The van der Waals surface area contributed by atoms with Crippen molar-refractivity contribution >= 4 is 0 Å². The van der Waals surface area contributed by atoms with E-state index in [-0.39, 0.29) is 0 Å². The Hall–Kier alpha value is -1.68. The van der Waals surface area contributed by atoms with Crippen molar-refractivity contribution in [3.8, 4) is 0 Å². The Labute approximate surface area is 120 Å². The molecule has 106 valence electrons. The second-order valence-corrected chi connectivity index (χ2v) is 5.83. The quantitative estimate of drug-likeness (QED) is 0.928. The van der Waals surface area contributed by atoms with Crippen LogP contribution >= 0.6 is 0 Å². The lowest BCUT2D eigenvalue weighted by Gasteiger charge is -2.32. The van der Waals surface area contributed by atoms with Crippen LogP contribution in [0.15, 0.2) is 30.9 Å². The predicted molar refractivity (Wildman–Crippen MR) is 79.3 cm³/mol. The first-order valence-corrected chi connectivity index (χ1v) is 7.41. The molecule has 1 aliphatic rings. The number of rotatable bonds is 4. The lowest BCUT2D eigenvalue weighted by atomic mass is 9.92. The summed E-state index contributed by atoms with van der Waals surface area (Å²) < 4.78 is 0. The first kappa shape index (κ1) is 13.3. The first-order valence-electron chi connectivity index (χ1n) is 7.41. The van der Waals surface area contributed by atoms with Crippen molar-refractivity contribution in [2.45, 2.75) is 32.7 Å². The normalized spacial score (nSPS) is 20.1. The number of hydrogen-bond donors (Lipinski definition) is 1. The maximum absolute atomic E-state index is 4.40. The van der Waals surface area contributed by atoms with Gasteiger partial charge < -0.3 is 4.98 Å². The number of pyridine rings is 1. The molecule has 0 aliphatic carbocycles. The number of nitrogens with one attached hydrogen (secondary N) is 1. The van der Waals surface area contributed by atoms with E-state index >= 15 is 0 Å². The zero-order valence-corrected chi connectivity index (χ0v) is 12.0. The van der Waals surface area contributed by atoms with Gasteiger partial charge in [0.1, 0.15) is 0 Å². The third-order valence-electron chi connectivity index (χ3n) is 4.05. The zero-order valence-electron chi connectivity index (χ0n) is 12.0. The number of piperidine rings is 1. The second kappa shape index (κ2) is 6.18. The number of H-pyrrole nitrogens is 1. The number of hydrogen-bond acceptors (Lipinski definition) is 3. The molecule has 20 heavy (non-hydrogen) atoms. The summed E-state index contributed by atoms with van der Waals surface area (Å²) in [5.74, 6) is 0.746. The van der Waals surface area contributed by atoms with Crippen molar-refractivity contribution in [1.82, 2.24) is 19.9 Å². The van der Waals surface area contributed by atoms with Gasteiger partial charge in [0.05, 0.1) is 6.33 Å². The van der Waals surface area contributed by atoms with Gasteiger partial charge in [0.25, 0.3) is 0 Å². The number of aryl methyl sites for hydroxylation is 1. The molecule has 0 saturated carbocycles. The molecule has 0 unspecified atom stereocenters. The van der Waals surface area contributed by atoms with Crippen LogP contribution in [-0.2, 0) is 13.0 Å². The Bertz CT molecular complexity index is 518. The van der Waals surface area contributed by atoms with Gasteiger partial charge in [0, 0.05) is 36.9 Å². The molecule has 4 heteroatoms. The van der Waals surface area contributed by atoms with Gasteiger partial charge in [0.15, 0.2) is 0 Å². The fourth-order valence-electron chi connectivity index (χ4n) is 3.03. The molecule has 0 aromatic carbocycles. The van der Waals surface area contributed by atoms with Crippen LogP contribution in [0.3, 0.4) is 0 Å². The third-order valence-corrected chi connectivity index (χ3v) is 4.05. The molecule has 4 nitrogen and oxygen atoms in total. The summed E-state index contributed by atoms with van der Waals surface area (Å²) in [6, 6.07) is 4.33. The number of likely N-dealkylation sites (tertiary alicyclic amines) is 1. The minimum Gasteiger partial charge on any atom is -0.347 e. The molecular weight excluding hydrogens is 248 g/mol. The Morgan fingerprint density at radius 2 is 2.30 bits per heavy atom. The van der Waals surface area contributed by atoms with Crippen molar-refractivity contribution in [3.63, 3.8) is 0 Å². The number of aromatic amines is 1. The Morgan fingerprint density at radius 3 is 3.05 bits per heavy atom. The lowest BCUT2D eigenvalue weighted by Crippen LogP contribution is -2.35. The summed E-state index contributed by atoms with van der Waals surface area (Å²) in [5.41, 5.74) is 3.67. The molecule has 0 spiro atoms. The average Bonchev–Trinajstić information content (AvgIpc) is 2.95. The van der Waals surface area contributed by atoms with Crippen LogP contribution in [0.5, 0.6) is 0 Å². The molecule has 2 aromatic rings.